The third-order valence-electron chi connectivity index (χ3n) is 3.37. The first-order valence-corrected chi connectivity index (χ1v) is 7.29. The van der Waals surface area contributed by atoms with Crippen molar-refractivity contribution in [2.45, 2.75) is 25.8 Å². The summed E-state index contributed by atoms with van der Waals surface area (Å²) in [6.45, 7) is 2.63. The van der Waals surface area contributed by atoms with Crippen LogP contribution in [0.2, 0.25) is 0 Å². The topological polar surface area (TPSA) is 21.3 Å². The maximum absolute atomic E-state index is 12.2. The van der Waals surface area contributed by atoms with Gasteiger partial charge in [0.15, 0.2) is 0 Å². The predicted molar refractivity (Wildman–Crippen MR) is 81.8 cm³/mol. The first-order valence-electron chi connectivity index (χ1n) is 7.29. The van der Waals surface area contributed by atoms with E-state index in [4.69, 9.17) is 4.74 Å². The zero-order valence-corrected chi connectivity index (χ0v) is 12.2. The number of benzene rings is 2. The molecule has 0 radical (unpaired) electrons. The molecule has 2 rings (SSSR count). The summed E-state index contributed by atoms with van der Waals surface area (Å²) >= 11 is 0. The van der Waals surface area contributed by atoms with E-state index in [9.17, 15) is 8.78 Å². The molecule has 1 unspecified atom stereocenters. The van der Waals surface area contributed by atoms with Crippen LogP contribution in [0.25, 0.3) is 10.8 Å². The summed E-state index contributed by atoms with van der Waals surface area (Å²) in [4.78, 5) is 0. The van der Waals surface area contributed by atoms with Crippen molar-refractivity contribution < 1.29 is 13.5 Å². The molecular formula is C17H21F2NO. The second kappa shape index (κ2) is 8.05. The Morgan fingerprint density at radius 3 is 2.57 bits per heavy atom. The van der Waals surface area contributed by atoms with Crippen LogP contribution >= 0.6 is 0 Å². The van der Waals surface area contributed by atoms with E-state index < -0.39 is 13.0 Å². The Labute approximate surface area is 124 Å². The van der Waals surface area contributed by atoms with E-state index in [1.165, 1.54) is 0 Å². The Bertz CT molecular complexity index is 554. The summed E-state index contributed by atoms with van der Waals surface area (Å²) in [5.41, 5.74) is 1.09. The lowest BCUT2D eigenvalue weighted by molar-refractivity contribution is 0.00934. The highest BCUT2D eigenvalue weighted by atomic mass is 19.3. The van der Waals surface area contributed by atoms with Crippen LogP contribution in [0.15, 0.2) is 42.5 Å². The molecule has 0 spiro atoms. The fraction of sp³-hybridized carbons (Fsp3) is 0.412. The minimum atomic E-state index is -2.43. The van der Waals surface area contributed by atoms with E-state index in [0.717, 1.165) is 29.3 Å². The monoisotopic (exact) mass is 293 g/mol. The van der Waals surface area contributed by atoms with Crippen LogP contribution in [-0.4, -0.2) is 26.2 Å². The molecule has 0 saturated carbocycles. The van der Waals surface area contributed by atoms with Crippen LogP contribution in [0, 0.1) is 0 Å². The first-order chi connectivity index (χ1) is 10.2. The third-order valence-corrected chi connectivity index (χ3v) is 3.37. The lowest BCUT2D eigenvalue weighted by Crippen LogP contribution is -2.27. The van der Waals surface area contributed by atoms with Gasteiger partial charge in [-0.05, 0) is 29.3 Å². The van der Waals surface area contributed by atoms with Gasteiger partial charge in [0.25, 0.3) is 6.43 Å². The zero-order chi connectivity index (χ0) is 15.1. The van der Waals surface area contributed by atoms with Crippen LogP contribution < -0.4 is 5.32 Å². The second-order valence-corrected chi connectivity index (χ2v) is 5.00. The number of hydrogen-bond acceptors (Lipinski definition) is 2. The van der Waals surface area contributed by atoms with E-state index in [1.54, 1.807) is 0 Å². The fourth-order valence-electron chi connectivity index (χ4n) is 2.41. The van der Waals surface area contributed by atoms with E-state index in [1.807, 2.05) is 24.3 Å². The van der Waals surface area contributed by atoms with Gasteiger partial charge in [-0.2, -0.15) is 0 Å². The summed E-state index contributed by atoms with van der Waals surface area (Å²) in [5, 5.41) is 5.66. The van der Waals surface area contributed by atoms with Crippen LogP contribution in [-0.2, 0) is 4.74 Å². The molecule has 1 N–H and O–H groups in total. The van der Waals surface area contributed by atoms with Crippen molar-refractivity contribution in [1.82, 2.24) is 5.32 Å². The van der Waals surface area contributed by atoms with Gasteiger partial charge in [0, 0.05) is 0 Å². The van der Waals surface area contributed by atoms with Gasteiger partial charge in [0.1, 0.15) is 6.61 Å². The van der Waals surface area contributed by atoms with Gasteiger partial charge in [0.2, 0.25) is 0 Å². The number of nitrogens with one attached hydrogen (secondary N) is 1. The summed E-state index contributed by atoms with van der Waals surface area (Å²) in [6, 6.07) is 14.1. The molecule has 0 fully saturated rings. The molecule has 1 atom stereocenters. The Kier molecular flexibility index (Phi) is 6.08. The van der Waals surface area contributed by atoms with Gasteiger partial charge in [-0.15, -0.1) is 0 Å². The molecule has 2 aromatic carbocycles. The van der Waals surface area contributed by atoms with E-state index in [2.05, 4.69) is 30.4 Å². The largest absolute Gasteiger partial charge is 0.374 e. The van der Waals surface area contributed by atoms with Crippen molar-refractivity contribution in [2.75, 3.05) is 19.8 Å². The molecule has 0 aliphatic heterocycles. The maximum Gasteiger partial charge on any atom is 0.261 e. The average molecular weight is 293 g/mol. The van der Waals surface area contributed by atoms with E-state index in [0.29, 0.717) is 0 Å². The van der Waals surface area contributed by atoms with Gasteiger partial charge in [0.05, 0.1) is 12.6 Å². The number of hydrogen-bond donors (Lipinski definition) is 1. The number of fused-ring (bicyclic) bond motifs is 1. The summed E-state index contributed by atoms with van der Waals surface area (Å²) < 4.78 is 29.6. The minimum absolute atomic E-state index is 0.0743. The minimum Gasteiger partial charge on any atom is -0.374 e. The molecule has 0 aliphatic carbocycles. The van der Waals surface area contributed by atoms with Gasteiger partial charge < -0.3 is 10.1 Å². The molecule has 0 heterocycles. The molecule has 0 bridgehead atoms. The summed E-state index contributed by atoms with van der Waals surface area (Å²) in [5.74, 6) is 0. The molecule has 2 aromatic rings. The van der Waals surface area contributed by atoms with E-state index in [-0.39, 0.29) is 12.6 Å². The smallest absolute Gasteiger partial charge is 0.261 e. The van der Waals surface area contributed by atoms with Gasteiger partial charge in [-0.1, -0.05) is 49.4 Å². The Hall–Kier alpha value is -1.52. The zero-order valence-electron chi connectivity index (χ0n) is 12.2. The van der Waals surface area contributed by atoms with Gasteiger partial charge in [-0.25, -0.2) is 8.78 Å². The van der Waals surface area contributed by atoms with Gasteiger partial charge >= 0.3 is 0 Å². The van der Waals surface area contributed by atoms with Crippen LogP contribution in [0.3, 0.4) is 0 Å². The normalized spacial score (nSPS) is 13.0. The average Bonchev–Trinajstić information content (AvgIpc) is 2.50. The number of alkyl halides is 2. The van der Waals surface area contributed by atoms with Crippen molar-refractivity contribution >= 4 is 10.8 Å². The third kappa shape index (κ3) is 4.48. The highest BCUT2D eigenvalue weighted by Crippen LogP contribution is 2.24. The lowest BCUT2D eigenvalue weighted by Gasteiger charge is -2.21. The highest BCUT2D eigenvalue weighted by Gasteiger charge is 2.15. The molecule has 0 aliphatic rings. The molecular weight excluding hydrogens is 272 g/mol. The Morgan fingerprint density at radius 2 is 1.81 bits per heavy atom. The molecule has 0 amide bonds. The lowest BCUT2D eigenvalue weighted by atomic mass is 9.99. The van der Waals surface area contributed by atoms with E-state index >= 15 is 0 Å². The molecule has 114 valence electrons. The molecule has 4 heteroatoms. The van der Waals surface area contributed by atoms with Crippen molar-refractivity contribution in [3.63, 3.8) is 0 Å². The van der Waals surface area contributed by atoms with Crippen LogP contribution in [0.4, 0.5) is 8.78 Å². The van der Waals surface area contributed by atoms with Gasteiger partial charge in [-0.3, -0.25) is 0 Å². The maximum atomic E-state index is 12.2. The van der Waals surface area contributed by atoms with Crippen LogP contribution in [0.5, 0.6) is 0 Å². The molecule has 0 aromatic heterocycles. The van der Waals surface area contributed by atoms with Crippen LogP contribution in [0.1, 0.15) is 24.9 Å². The predicted octanol–water partition coefficient (Wildman–Crippen LogP) is 4.16. The van der Waals surface area contributed by atoms with Crippen molar-refractivity contribution in [2.24, 2.45) is 0 Å². The Balaban J connectivity index is 2.20. The molecule has 2 nitrogen and oxygen atoms in total. The van der Waals surface area contributed by atoms with Crippen molar-refractivity contribution in [3.05, 3.63) is 48.0 Å². The fourth-order valence-corrected chi connectivity index (χ4v) is 2.41. The summed E-state index contributed by atoms with van der Waals surface area (Å²) in [7, 11) is 0. The number of rotatable bonds is 8. The van der Waals surface area contributed by atoms with Crippen molar-refractivity contribution in [1.29, 1.82) is 0 Å². The van der Waals surface area contributed by atoms with Crippen molar-refractivity contribution in [3.8, 4) is 0 Å². The summed E-state index contributed by atoms with van der Waals surface area (Å²) in [6.07, 6.45) is -1.44. The second-order valence-electron chi connectivity index (χ2n) is 5.00. The standard InChI is InChI=1S/C17H21F2NO/c1-2-10-20-16(11-21-12-17(18)19)15-9-5-7-13-6-3-4-8-14(13)15/h3-9,16-17,20H,2,10-12H2,1H3. The first kappa shape index (κ1) is 15.9. The molecule has 0 saturated heterocycles. The highest BCUT2D eigenvalue weighted by molar-refractivity contribution is 5.86. The number of halogens is 2. The quantitative estimate of drug-likeness (QED) is 0.789. The Morgan fingerprint density at radius 1 is 1.05 bits per heavy atom. The molecule has 21 heavy (non-hydrogen) atoms. The SMILES string of the molecule is CCCNC(COCC(F)F)c1cccc2ccccc12. The number of ether oxygens (including phenoxy) is 1.